The summed E-state index contributed by atoms with van der Waals surface area (Å²) in [6.07, 6.45) is 4.57. The standard InChI is InChI=1S/C19H16BrClO3/c1-2-11-23-19(22)10-8-14-7-9-18(16(20)12-14)24-13-15-5-3-4-6-17(15)21/h2-10,12H,1,11,13H2/b10-8+. The third-order valence-electron chi connectivity index (χ3n) is 3.05. The van der Waals surface area contributed by atoms with Crippen molar-refractivity contribution in [3.05, 3.63) is 81.8 Å². The maximum Gasteiger partial charge on any atom is 0.331 e. The first-order valence-electron chi connectivity index (χ1n) is 7.21. The molecule has 0 aliphatic rings. The van der Waals surface area contributed by atoms with E-state index in [4.69, 9.17) is 21.1 Å². The smallest absolute Gasteiger partial charge is 0.331 e. The zero-order valence-corrected chi connectivity index (χ0v) is 15.2. The first-order valence-corrected chi connectivity index (χ1v) is 8.38. The SMILES string of the molecule is C=CCOC(=O)/C=C/c1ccc(OCc2ccccc2Cl)c(Br)c1. The highest BCUT2D eigenvalue weighted by molar-refractivity contribution is 9.10. The number of hydrogen-bond acceptors (Lipinski definition) is 3. The van der Waals surface area contributed by atoms with Crippen molar-refractivity contribution in [3.8, 4) is 5.75 Å². The average molecular weight is 408 g/mol. The molecule has 0 amide bonds. The summed E-state index contributed by atoms with van der Waals surface area (Å²) in [7, 11) is 0. The highest BCUT2D eigenvalue weighted by Crippen LogP contribution is 2.28. The first-order chi connectivity index (χ1) is 11.6. The minimum absolute atomic E-state index is 0.196. The molecule has 0 atom stereocenters. The number of benzene rings is 2. The molecule has 0 aromatic heterocycles. The van der Waals surface area contributed by atoms with Crippen molar-refractivity contribution >= 4 is 39.6 Å². The van der Waals surface area contributed by atoms with Crippen LogP contribution in [0.15, 0.2) is 65.7 Å². The van der Waals surface area contributed by atoms with Gasteiger partial charge in [-0.25, -0.2) is 4.79 Å². The summed E-state index contributed by atoms with van der Waals surface area (Å²) in [5.41, 5.74) is 1.77. The van der Waals surface area contributed by atoms with Gasteiger partial charge in [0.1, 0.15) is 19.0 Å². The number of esters is 1. The summed E-state index contributed by atoms with van der Waals surface area (Å²) in [5, 5.41) is 0.672. The molecular weight excluding hydrogens is 392 g/mol. The molecule has 124 valence electrons. The number of carbonyl (C=O) groups is 1. The second-order valence-corrected chi connectivity index (χ2v) is 6.08. The maximum atomic E-state index is 11.4. The molecule has 0 unspecified atom stereocenters. The van der Waals surface area contributed by atoms with Crippen LogP contribution in [0.5, 0.6) is 5.75 Å². The number of halogens is 2. The number of rotatable bonds is 7. The molecule has 0 fully saturated rings. The lowest BCUT2D eigenvalue weighted by Gasteiger charge is -2.10. The van der Waals surface area contributed by atoms with Gasteiger partial charge in [-0.1, -0.05) is 48.5 Å². The molecule has 0 radical (unpaired) electrons. The van der Waals surface area contributed by atoms with E-state index >= 15 is 0 Å². The van der Waals surface area contributed by atoms with E-state index in [0.717, 1.165) is 15.6 Å². The summed E-state index contributed by atoms with van der Waals surface area (Å²) in [5.74, 6) is 0.284. The molecule has 3 nitrogen and oxygen atoms in total. The van der Waals surface area contributed by atoms with Gasteiger partial charge in [0.25, 0.3) is 0 Å². The van der Waals surface area contributed by atoms with Crippen molar-refractivity contribution in [1.29, 1.82) is 0 Å². The van der Waals surface area contributed by atoms with Crippen LogP contribution in [0, 0.1) is 0 Å². The molecule has 0 saturated carbocycles. The second-order valence-electron chi connectivity index (χ2n) is 4.82. The Bertz CT molecular complexity index is 756. The molecule has 2 aromatic rings. The summed E-state index contributed by atoms with van der Waals surface area (Å²) in [6.45, 7) is 4.06. The Morgan fingerprint density at radius 1 is 1.25 bits per heavy atom. The molecule has 0 saturated heterocycles. The van der Waals surface area contributed by atoms with Gasteiger partial charge < -0.3 is 9.47 Å². The van der Waals surface area contributed by atoms with Gasteiger partial charge in [-0.3, -0.25) is 0 Å². The predicted molar refractivity (Wildman–Crippen MR) is 100 cm³/mol. The lowest BCUT2D eigenvalue weighted by Crippen LogP contribution is -1.99. The van der Waals surface area contributed by atoms with Crippen LogP contribution in [0.1, 0.15) is 11.1 Å². The van der Waals surface area contributed by atoms with E-state index in [9.17, 15) is 4.79 Å². The fourth-order valence-corrected chi connectivity index (χ4v) is 2.56. The van der Waals surface area contributed by atoms with E-state index in [-0.39, 0.29) is 6.61 Å². The van der Waals surface area contributed by atoms with E-state index in [2.05, 4.69) is 22.5 Å². The van der Waals surface area contributed by atoms with Gasteiger partial charge in [0.2, 0.25) is 0 Å². The van der Waals surface area contributed by atoms with Crippen molar-refractivity contribution in [2.24, 2.45) is 0 Å². The van der Waals surface area contributed by atoms with E-state index < -0.39 is 5.97 Å². The number of carbonyl (C=O) groups excluding carboxylic acids is 1. The molecule has 0 spiro atoms. The fraction of sp³-hybridized carbons (Fsp3) is 0.105. The number of ether oxygens (including phenoxy) is 2. The predicted octanol–water partition coefficient (Wildman–Crippen LogP) is 5.42. The van der Waals surface area contributed by atoms with Gasteiger partial charge in [-0.15, -0.1) is 0 Å². The van der Waals surface area contributed by atoms with E-state index in [1.54, 1.807) is 6.08 Å². The summed E-state index contributed by atoms with van der Waals surface area (Å²) >= 11 is 9.58. The van der Waals surface area contributed by atoms with Crippen molar-refractivity contribution in [3.63, 3.8) is 0 Å². The Morgan fingerprint density at radius 2 is 2.04 bits per heavy atom. The van der Waals surface area contributed by atoms with Gasteiger partial charge in [0, 0.05) is 16.7 Å². The van der Waals surface area contributed by atoms with Crippen LogP contribution in [0.3, 0.4) is 0 Å². The Morgan fingerprint density at radius 3 is 2.75 bits per heavy atom. The lowest BCUT2D eigenvalue weighted by molar-refractivity contribution is -0.136. The topological polar surface area (TPSA) is 35.5 Å². The highest BCUT2D eigenvalue weighted by atomic mass is 79.9. The van der Waals surface area contributed by atoms with Gasteiger partial charge >= 0.3 is 5.97 Å². The van der Waals surface area contributed by atoms with Crippen LogP contribution in [0.2, 0.25) is 5.02 Å². The summed E-state index contributed by atoms with van der Waals surface area (Å²) in [6, 6.07) is 13.1. The third kappa shape index (κ3) is 5.55. The van der Waals surface area contributed by atoms with Crippen LogP contribution in [-0.2, 0) is 16.1 Å². The van der Waals surface area contributed by atoms with Gasteiger partial charge in [0.15, 0.2) is 0 Å². The Hall–Kier alpha value is -2.04. The average Bonchev–Trinajstić information content (AvgIpc) is 2.58. The molecular formula is C19H16BrClO3. The van der Waals surface area contributed by atoms with Crippen molar-refractivity contribution in [1.82, 2.24) is 0 Å². The van der Waals surface area contributed by atoms with Crippen LogP contribution in [0.25, 0.3) is 6.08 Å². The van der Waals surface area contributed by atoms with Crippen LogP contribution < -0.4 is 4.74 Å². The molecule has 2 rings (SSSR count). The Kier molecular flexibility index (Phi) is 7.09. The van der Waals surface area contributed by atoms with Gasteiger partial charge in [0.05, 0.1) is 4.47 Å². The maximum absolute atomic E-state index is 11.4. The molecule has 5 heteroatoms. The first kappa shape index (κ1) is 18.3. The molecule has 24 heavy (non-hydrogen) atoms. The molecule has 0 bridgehead atoms. The molecule has 0 N–H and O–H groups in total. The minimum atomic E-state index is -0.412. The Balaban J connectivity index is 1.99. The Labute approximate surface area is 154 Å². The summed E-state index contributed by atoms with van der Waals surface area (Å²) in [4.78, 5) is 11.4. The monoisotopic (exact) mass is 406 g/mol. The fourth-order valence-electron chi connectivity index (χ4n) is 1.86. The van der Waals surface area contributed by atoms with Crippen LogP contribution in [0.4, 0.5) is 0 Å². The van der Waals surface area contributed by atoms with Crippen molar-refractivity contribution < 1.29 is 14.3 Å². The van der Waals surface area contributed by atoms with E-state index in [1.165, 1.54) is 12.2 Å². The van der Waals surface area contributed by atoms with Crippen molar-refractivity contribution in [2.75, 3.05) is 6.61 Å². The summed E-state index contributed by atoms with van der Waals surface area (Å²) < 4.78 is 11.4. The molecule has 0 aliphatic heterocycles. The van der Waals surface area contributed by atoms with Gasteiger partial charge in [-0.05, 0) is 45.8 Å². The minimum Gasteiger partial charge on any atom is -0.488 e. The second kappa shape index (κ2) is 9.30. The quantitative estimate of drug-likeness (QED) is 0.349. The van der Waals surface area contributed by atoms with Crippen LogP contribution >= 0.6 is 27.5 Å². The molecule has 2 aromatic carbocycles. The number of hydrogen-bond donors (Lipinski definition) is 0. The molecule has 0 aliphatic carbocycles. The zero-order valence-electron chi connectivity index (χ0n) is 12.9. The lowest BCUT2D eigenvalue weighted by atomic mass is 10.2. The van der Waals surface area contributed by atoms with Crippen LogP contribution in [-0.4, -0.2) is 12.6 Å². The normalized spacial score (nSPS) is 10.6. The van der Waals surface area contributed by atoms with Gasteiger partial charge in [-0.2, -0.15) is 0 Å². The highest BCUT2D eigenvalue weighted by Gasteiger charge is 2.05. The van der Waals surface area contributed by atoms with E-state index in [1.807, 2.05) is 42.5 Å². The third-order valence-corrected chi connectivity index (χ3v) is 4.04. The molecule has 0 heterocycles. The largest absolute Gasteiger partial charge is 0.488 e. The zero-order chi connectivity index (χ0) is 17.4. The van der Waals surface area contributed by atoms with Crippen molar-refractivity contribution in [2.45, 2.75) is 6.61 Å². The van der Waals surface area contributed by atoms with E-state index in [0.29, 0.717) is 17.4 Å².